The summed E-state index contributed by atoms with van der Waals surface area (Å²) in [4.78, 5) is 4.02. The lowest BCUT2D eigenvalue weighted by Crippen LogP contribution is -2.02. The predicted molar refractivity (Wildman–Crippen MR) is 89.8 cm³/mol. The Morgan fingerprint density at radius 3 is 2.54 bits per heavy atom. The van der Waals surface area contributed by atoms with Crippen LogP contribution >= 0.6 is 11.3 Å². The highest BCUT2D eigenvalue weighted by Gasteiger charge is 2.10. The maximum absolute atomic E-state index is 10.9. The van der Waals surface area contributed by atoms with E-state index in [2.05, 4.69) is 15.5 Å². The Bertz CT molecular complexity index is 1030. The fourth-order valence-corrected chi connectivity index (χ4v) is 3.29. The summed E-state index contributed by atoms with van der Waals surface area (Å²) >= 11 is 1.35. The molecular weight excluding hydrogens is 348 g/mol. The van der Waals surface area contributed by atoms with Crippen molar-refractivity contribution in [3.63, 3.8) is 0 Å². The number of hydrogen-bond acceptors (Lipinski definition) is 8. The fourth-order valence-electron chi connectivity index (χ4n) is 1.91. The third kappa shape index (κ3) is 3.41. The van der Waals surface area contributed by atoms with E-state index in [4.69, 9.17) is 0 Å². The maximum Gasteiger partial charge on any atom is 0.196 e. The van der Waals surface area contributed by atoms with Gasteiger partial charge in [-0.2, -0.15) is 10.4 Å². The number of fused-ring (bicyclic) bond motifs is 1. The van der Waals surface area contributed by atoms with E-state index in [9.17, 15) is 18.2 Å². The Labute approximate surface area is 141 Å². The predicted octanol–water partition coefficient (Wildman–Crippen LogP) is 2.54. The molecule has 0 unspecified atom stereocenters. The Morgan fingerprint density at radius 2 is 1.92 bits per heavy atom. The summed E-state index contributed by atoms with van der Waals surface area (Å²) in [6, 6.07) is 14.6. The first-order valence-electron chi connectivity index (χ1n) is 6.63. The first-order valence-corrected chi connectivity index (χ1v) is 8.85. The molecule has 0 bridgehead atoms. The molecular formula is C15H9N4O3S2-. The molecule has 3 rings (SSSR count). The Balaban J connectivity index is 1.85. The second-order valence-electron chi connectivity index (χ2n) is 4.65. The van der Waals surface area contributed by atoms with Crippen LogP contribution in [0.3, 0.4) is 0 Å². The van der Waals surface area contributed by atoms with Gasteiger partial charge in [-0.25, -0.2) is 13.4 Å². The Morgan fingerprint density at radius 1 is 1.21 bits per heavy atom. The van der Waals surface area contributed by atoms with E-state index in [1.165, 1.54) is 35.6 Å². The quantitative estimate of drug-likeness (QED) is 0.435. The second kappa shape index (κ2) is 6.37. The molecule has 0 aliphatic rings. The average molecular weight is 357 g/mol. The zero-order valence-corrected chi connectivity index (χ0v) is 13.6. The van der Waals surface area contributed by atoms with Gasteiger partial charge in [0, 0.05) is 0 Å². The van der Waals surface area contributed by atoms with Gasteiger partial charge in [-0.3, -0.25) is 5.43 Å². The van der Waals surface area contributed by atoms with E-state index in [0.717, 1.165) is 10.2 Å². The highest BCUT2D eigenvalue weighted by Crippen LogP contribution is 2.22. The number of nitrogens with zero attached hydrogens (tertiary/aromatic N) is 3. The van der Waals surface area contributed by atoms with E-state index in [1.807, 2.05) is 30.3 Å². The molecule has 1 N–H and O–H groups in total. The number of nitrogens with one attached hydrogen (secondary N) is 1. The van der Waals surface area contributed by atoms with E-state index < -0.39 is 10.1 Å². The summed E-state index contributed by atoms with van der Waals surface area (Å²) in [6.07, 6.45) is 0. The first-order chi connectivity index (χ1) is 11.5. The lowest BCUT2D eigenvalue weighted by Gasteiger charge is -2.07. The lowest BCUT2D eigenvalue weighted by molar-refractivity contribution is 0.463. The number of thiazole rings is 1. The van der Waals surface area contributed by atoms with Crippen LogP contribution < -0.4 is 5.43 Å². The number of anilines is 1. The van der Waals surface area contributed by atoms with E-state index in [0.29, 0.717) is 10.7 Å². The van der Waals surface area contributed by atoms with Crippen molar-refractivity contribution < 1.29 is 13.0 Å². The SMILES string of the molecule is N#C/C(=N/Nc1ccc(S(=O)(=O)[O-])cc1)c1nc2ccccc2s1. The molecule has 0 saturated heterocycles. The van der Waals surface area contributed by atoms with Crippen LogP contribution in [0.15, 0.2) is 58.5 Å². The average Bonchev–Trinajstić information content (AvgIpc) is 2.99. The Hall–Kier alpha value is -2.80. The fraction of sp³-hybridized carbons (Fsp3) is 0. The van der Waals surface area contributed by atoms with Gasteiger partial charge in [0.05, 0.1) is 20.8 Å². The van der Waals surface area contributed by atoms with Crippen LogP contribution in [0.5, 0.6) is 0 Å². The van der Waals surface area contributed by atoms with Gasteiger partial charge in [-0.05, 0) is 36.4 Å². The van der Waals surface area contributed by atoms with Crippen molar-refractivity contribution in [2.45, 2.75) is 4.90 Å². The van der Waals surface area contributed by atoms with Gasteiger partial charge in [0.25, 0.3) is 0 Å². The summed E-state index contributed by atoms with van der Waals surface area (Å²) in [5.74, 6) is 0. The van der Waals surface area contributed by atoms with Gasteiger partial charge in [-0.15, -0.1) is 11.3 Å². The summed E-state index contributed by atoms with van der Waals surface area (Å²) in [5.41, 5.74) is 3.98. The standard InChI is InChI=1S/C15H10N4O3S2/c16-9-13(15-17-12-3-1-2-4-14(12)23-15)19-18-10-5-7-11(8-6-10)24(20,21)22/h1-8,18H,(H,20,21,22)/p-1/b19-13-. The van der Waals surface area contributed by atoms with Crippen LogP contribution in [-0.2, 0) is 10.1 Å². The van der Waals surface area contributed by atoms with Crippen molar-refractivity contribution >= 4 is 43.1 Å². The number of para-hydroxylation sites is 1. The largest absolute Gasteiger partial charge is 0.744 e. The van der Waals surface area contributed by atoms with Crippen molar-refractivity contribution in [2.24, 2.45) is 5.10 Å². The van der Waals surface area contributed by atoms with Gasteiger partial charge in [0.2, 0.25) is 0 Å². The topological polar surface area (TPSA) is 118 Å². The number of hydrazone groups is 1. The first kappa shape index (κ1) is 16.1. The molecule has 9 heteroatoms. The molecule has 0 fully saturated rings. The normalized spacial score (nSPS) is 12.1. The smallest absolute Gasteiger partial charge is 0.196 e. The van der Waals surface area contributed by atoms with Crippen molar-refractivity contribution in [1.82, 2.24) is 4.98 Å². The van der Waals surface area contributed by atoms with Gasteiger partial charge < -0.3 is 4.55 Å². The molecule has 7 nitrogen and oxygen atoms in total. The molecule has 0 saturated carbocycles. The molecule has 1 heterocycles. The minimum atomic E-state index is -4.49. The van der Waals surface area contributed by atoms with Gasteiger partial charge >= 0.3 is 0 Å². The molecule has 0 atom stereocenters. The minimum Gasteiger partial charge on any atom is -0.744 e. The van der Waals surface area contributed by atoms with Crippen molar-refractivity contribution in [3.05, 3.63) is 53.5 Å². The molecule has 2 aromatic carbocycles. The number of hydrogen-bond donors (Lipinski definition) is 1. The summed E-state index contributed by atoms with van der Waals surface area (Å²) in [7, 11) is -4.49. The molecule has 0 spiro atoms. The van der Waals surface area contributed by atoms with Crippen LogP contribution in [0, 0.1) is 11.3 Å². The van der Waals surface area contributed by atoms with E-state index >= 15 is 0 Å². The van der Waals surface area contributed by atoms with Crippen LogP contribution in [0.1, 0.15) is 5.01 Å². The van der Waals surface area contributed by atoms with E-state index in [1.54, 1.807) is 0 Å². The van der Waals surface area contributed by atoms with Crippen molar-refractivity contribution in [3.8, 4) is 6.07 Å². The highest BCUT2D eigenvalue weighted by atomic mass is 32.2. The number of rotatable bonds is 4. The van der Waals surface area contributed by atoms with Crippen LogP contribution in [-0.4, -0.2) is 23.7 Å². The molecule has 24 heavy (non-hydrogen) atoms. The molecule has 0 aliphatic heterocycles. The lowest BCUT2D eigenvalue weighted by atomic mass is 10.3. The number of benzene rings is 2. The van der Waals surface area contributed by atoms with Crippen molar-refractivity contribution in [1.29, 1.82) is 5.26 Å². The highest BCUT2D eigenvalue weighted by molar-refractivity contribution is 7.85. The summed E-state index contributed by atoms with van der Waals surface area (Å²) < 4.78 is 33.6. The third-order valence-corrected chi connectivity index (χ3v) is 4.93. The second-order valence-corrected chi connectivity index (χ2v) is 7.06. The Kier molecular flexibility index (Phi) is 4.26. The molecule has 0 radical (unpaired) electrons. The molecule has 120 valence electrons. The number of nitriles is 1. The molecule has 0 aliphatic carbocycles. The zero-order chi connectivity index (χ0) is 17.2. The molecule has 0 amide bonds. The van der Waals surface area contributed by atoms with E-state index in [-0.39, 0.29) is 10.6 Å². The van der Waals surface area contributed by atoms with Crippen LogP contribution in [0.2, 0.25) is 0 Å². The third-order valence-electron chi connectivity index (χ3n) is 3.04. The zero-order valence-electron chi connectivity index (χ0n) is 12.0. The summed E-state index contributed by atoms with van der Waals surface area (Å²) in [5, 5.41) is 13.7. The van der Waals surface area contributed by atoms with Crippen LogP contribution in [0.4, 0.5) is 5.69 Å². The molecule has 1 aromatic heterocycles. The maximum atomic E-state index is 10.9. The van der Waals surface area contributed by atoms with Gasteiger partial charge in [-0.1, -0.05) is 12.1 Å². The van der Waals surface area contributed by atoms with Crippen LogP contribution in [0.25, 0.3) is 10.2 Å². The van der Waals surface area contributed by atoms with Gasteiger partial charge in [0.1, 0.15) is 16.2 Å². The summed E-state index contributed by atoms with van der Waals surface area (Å²) in [6.45, 7) is 0. The molecule has 3 aromatic rings. The van der Waals surface area contributed by atoms with Gasteiger partial charge in [0.15, 0.2) is 10.7 Å². The monoisotopic (exact) mass is 357 g/mol. The van der Waals surface area contributed by atoms with Crippen molar-refractivity contribution in [2.75, 3.05) is 5.43 Å². The number of aromatic nitrogens is 1. The minimum absolute atomic E-state index is 0.108.